The number of ketones is 1. The molecular formula is C9H8O2S. The van der Waals surface area contributed by atoms with Gasteiger partial charge in [-0.05, 0) is 30.0 Å². The molecule has 0 radical (unpaired) electrons. The second kappa shape index (κ2) is 3.97. The van der Waals surface area contributed by atoms with Gasteiger partial charge in [-0.1, -0.05) is 6.08 Å². The zero-order chi connectivity index (χ0) is 8.97. The van der Waals surface area contributed by atoms with Crippen LogP contribution in [-0.2, 0) is 4.79 Å². The van der Waals surface area contributed by atoms with Crippen LogP contribution in [0.15, 0.2) is 17.5 Å². The fraction of sp³-hybridized carbons (Fsp3) is 0.111. The van der Waals surface area contributed by atoms with Crippen molar-refractivity contribution in [1.29, 1.82) is 0 Å². The standard InChI is InChI=1S/C9H8O2S/c1-7(11)9-8(3-2-5-10)4-6-12-9/h2-6H,1H3. The van der Waals surface area contributed by atoms with Crippen LogP contribution in [0.25, 0.3) is 6.08 Å². The molecule has 0 unspecified atom stereocenters. The molecule has 2 nitrogen and oxygen atoms in total. The molecule has 0 saturated carbocycles. The van der Waals surface area contributed by atoms with Crippen molar-refractivity contribution >= 4 is 29.5 Å². The van der Waals surface area contributed by atoms with E-state index in [-0.39, 0.29) is 5.78 Å². The molecule has 0 atom stereocenters. The van der Waals surface area contributed by atoms with Crippen molar-refractivity contribution in [2.24, 2.45) is 0 Å². The summed E-state index contributed by atoms with van der Waals surface area (Å²) < 4.78 is 0. The minimum Gasteiger partial charge on any atom is -0.299 e. The van der Waals surface area contributed by atoms with E-state index in [1.54, 1.807) is 6.08 Å². The van der Waals surface area contributed by atoms with Crippen LogP contribution >= 0.6 is 11.3 Å². The highest BCUT2D eigenvalue weighted by Crippen LogP contribution is 2.18. The first kappa shape index (κ1) is 8.87. The SMILES string of the molecule is CC(=O)c1sccc1C=CC=O. The van der Waals surface area contributed by atoms with Crippen LogP contribution in [0.1, 0.15) is 22.2 Å². The minimum atomic E-state index is 0.0375. The van der Waals surface area contributed by atoms with E-state index in [9.17, 15) is 9.59 Å². The van der Waals surface area contributed by atoms with Gasteiger partial charge in [-0.2, -0.15) is 0 Å². The van der Waals surface area contributed by atoms with E-state index in [0.29, 0.717) is 11.2 Å². The number of Topliss-reactive ketones (excluding diaryl/α,β-unsaturated/α-hetero) is 1. The Bertz CT molecular complexity index is 323. The smallest absolute Gasteiger partial charge is 0.170 e. The molecule has 0 spiro atoms. The topological polar surface area (TPSA) is 34.1 Å². The second-order valence-electron chi connectivity index (χ2n) is 2.26. The van der Waals surface area contributed by atoms with E-state index >= 15 is 0 Å². The summed E-state index contributed by atoms with van der Waals surface area (Å²) in [5.74, 6) is 0.0375. The fourth-order valence-electron chi connectivity index (χ4n) is 0.880. The number of carbonyl (C=O) groups is 2. The second-order valence-corrected chi connectivity index (χ2v) is 3.17. The van der Waals surface area contributed by atoms with E-state index in [4.69, 9.17) is 0 Å². The van der Waals surface area contributed by atoms with Gasteiger partial charge in [-0.3, -0.25) is 9.59 Å². The Balaban J connectivity index is 2.99. The van der Waals surface area contributed by atoms with Gasteiger partial charge >= 0.3 is 0 Å². The van der Waals surface area contributed by atoms with Crippen molar-refractivity contribution in [3.63, 3.8) is 0 Å². The maximum atomic E-state index is 11.0. The number of allylic oxidation sites excluding steroid dienone is 1. The molecule has 0 saturated heterocycles. The van der Waals surface area contributed by atoms with Crippen LogP contribution < -0.4 is 0 Å². The molecule has 12 heavy (non-hydrogen) atoms. The van der Waals surface area contributed by atoms with Crippen molar-refractivity contribution in [2.45, 2.75) is 6.92 Å². The van der Waals surface area contributed by atoms with Crippen LogP contribution in [0.5, 0.6) is 0 Å². The van der Waals surface area contributed by atoms with Gasteiger partial charge < -0.3 is 0 Å². The van der Waals surface area contributed by atoms with E-state index in [2.05, 4.69) is 0 Å². The zero-order valence-corrected chi connectivity index (χ0v) is 7.43. The fourth-order valence-corrected chi connectivity index (χ4v) is 1.67. The molecule has 1 aromatic heterocycles. The van der Waals surface area contributed by atoms with Gasteiger partial charge in [0.25, 0.3) is 0 Å². The summed E-state index contributed by atoms with van der Waals surface area (Å²) in [6, 6.07) is 1.82. The molecule has 1 rings (SSSR count). The first-order valence-corrected chi connectivity index (χ1v) is 4.34. The lowest BCUT2D eigenvalue weighted by Gasteiger charge is -1.90. The summed E-state index contributed by atoms with van der Waals surface area (Å²) in [6.45, 7) is 1.52. The summed E-state index contributed by atoms with van der Waals surface area (Å²) in [5, 5.41) is 1.83. The lowest BCUT2D eigenvalue weighted by Crippen LogP contribution is -1.88. The molecule has 0 bridgehead atoms. The van der Waals surface area contributed by atoms with Crippen molar-refractivity contribution in [1.82, 2.24) is 0 Å². The molecule has 0 aliphatic heterocycles. The summed E-state index contributed by atoms with van der Waals surface area (Å²) in [6.07, 6.45) is 3.72. The largest absolute Gasteiger partial charge is 0.299 e. The van der Waals surface area contributed by atoms with Gasteiger partial charge in [-0.25, -0.2) is 0 Å². The Morgan fingerprint density at radius 2 is 2.33 bits per heavy atom. The number of thiophene rings is 1. The van der Waals surface area contributed by atoms with Gasteiger partial charge in [0.05, 0.1) is 4.88 Å². The third-order valence-corrected chi connectivity index (χ3v) is 2.40. The molecule has 1 aromatic rings. The van der Waals surface area contributed by atoms with Crippen LogP contribution in [0, 0.1) is 0 Å². The van der Waals surface area contributed by atoms with E-state index in [0.717, 1.165) is 5.56 Å². The highest BCUT2D eigenvalue weighted by Gasteiger charge is 2.04. The molecule has 1 heterocycles. The normalized spacial score (nSPS) is 10.4. The van der Waals surface area contributed by atoms with E-state index < -0.39 is 0 Å². The number of hydrogen-bond acceptors (Lipinski definition) is 3. The quantitative estimate of drug-likeness (QED) is 0.406. The van der Waals surface area contributed by atoms with Crippen LogP contribution in [0.2, 0.25) is 0 Å². The summed E-state index contributed by atoms with van der Waals surface area (Å²) in [5.41, 5.74) is 0.819. The molecule has 62 valence electrons. The Hall–Kier alpha value is -1.22. The summed E-state index contributed by atoms with van der Waals surface area (Å²) >= 11 is 1.39. The molecule has 0 N–H and O–H groups in total. The highest BCUT2D eigenvalue weighted by molar-refractivity contribution is 7.12. The monoisotopic (exact) mass is 180 g/mol. The maximum Gasteiger partial charge on any atom is 0.170 e. The van der Waals surface area contributed by atoms with Gasteiger partial charge in [0.15, 0.2) is 5.78 Å². The number of hydrogen-bond donors (Lipinski definition) is 0. The van der Waals surface area contributed by atoms with Crippen molar-refractivity contribution in [3.8, 4) is 0 Å². The lowest BCUT2D eigenvalue weighted by atomic mass is 10.2. The van der Waals surface area contributed by atoms with Crippen molar-refractivity contribution < 1.29 is 9.59 Å². The molecule has 0 aromatic carbocycles. The Morgan fingerprint density at radius 1 is 1.58 bits per heavy atom. The number of rotatable bonds is 3. The summed E-state index contributed by atoms with van der Waals surface area (Å²) in [4.78, 5) is 21.7. The maximum absolute atomic E-state index is 11.0. The lowest BCUT2D eigenvalue weighted by molar-refractivity contribution is -0.104. The number of carbonyl (C=O) groups excluding carboxylic acids is 2. The Kier molecular flexibility index (Phi) is 2.94. The molecule has 0 aliphatic rings. The predicted molar refractivity (Wildman–Crippen MR) is 49.4 cm³/mol. The van der Waals surface area contributed by atoms with Crippen LogP contribution in [0.3, 0.4) is 0 Å². The first-order valence-electron chi connectivity index (χ1n) is 3.46. The highest BCUT2D eigenvalue weighted by atomic mass is 32.1. The van der Waals surface area contributed by atoms with Crippen LogP contribution in [0.4, 0.5) is 0 Å². The Morgan fingerprint density at radius 3 is 2.92 bits per heavy atom. The third-order valence-electron chi connectivity index (χ3n) is 1.37. The molecule has 0 fully saturated rings. The average Bonchev–Trinajstić information content (AvgIpc) is 2.48. The van der Waals surface area contributed by atoms with E-state index in [1.807, 2.05) is 11.4 Å². The third kappa shape index (κ3) is 1.89. The molecule has 0 amide bonds. The number of aldehydes is 1. The molecule has 3 heteroatoms. The molecule has 0 aliphatic carbocycles. The minimum absolute atomic E-state index is 0.0375. The van der Waals surface area contributed by atoms with E-state index in [1.165, 1.54) is 24.3 Å². The van der Waals surface area contributed by atoms with Crippen molar-refractivity contribution in [2.75, 3.05) is 0 Å². The molecular weight excluding hydrogens is 172 g/mol. The van der Waals surface area contributed by atoms with Gasteiger partial charge in [0.1, 0.15) is 6.29 Å². The van der Waals surface area contributed by atoms with Gasteiger partial charge in [-0.15, -0.1) is 11.3 Å². The predicted octanol–water partition coefficient (Wildman–Crippen LogP) is 2.16. The van der Waals surface area contributed by atoms with Gasteiger partial charge in [0.2, 0.25) is 0 Å². The zero-order valence-electron chi connectivity index (χ0n) is 6.61. The van der Waals surface area contributed by atoms with Gasteiger partial charge in [0, 0.05) is 0 Å². The average molecular weight is 180 g/mol. The first-order chi connectivity index (χ1) is 5.75. The van der Waals surface area contributed by atoms with Crippen molar-refractivity contribution in [3.05, 3.63) is 28.0 Å². The van der Waals surface area contributed by atoms with Crippen LogP contribution in [-0.4, -0.2) is 12.1 Å². The Labute approximate surface area is 74.5 Å². The summed E-state index contributed by atoms with van der Waals surface area (Å²) in [7, 11) is 0.